The molecule has 7 heteroatoms. The lowest BCUT2D eigenvalue weighted by Gasteiger charge is -2.29. The number of hydrogen-bond donors (Lipinski definition) is 1. The molecule has 0 radical (unpaired) electrons. The molecular formula is C32H33F5O2. The summed E-state index contributed by atoms with van der Waals surface area (Å²) < 4.78 is 71.7. The predicted molar refractivity (Wildman–Crippen MR) is 142 cm³/mol. The summed E-state index contributed by atoms with van der Waals surface area (Å²) >= 11 is 0. The third-order valence-electron chi connectivity index (χ3n) is 7.96. The number of halogens is 5. The fourth-order valence-electron chi connectivity index (χ4n) is 5.78. The average Bonchev–Trinajstić information content (AvgIpc) is 2.91. The van der Waals surface area contributed by atoms with Crippen molar-refractivity contribution >= 4 is 5.97 Å². The van der Waals surface area contributed by atoms with Gasteiger partial charge in [0.2, 0.25) is 0 Å². The smallest absolute Gasteiger partial charge is 0.341 e. The highest BCUT2D eigenvalue weighted by atomic mass is 19.2. The summed E-state index contributed by atoms with van der Waals surface area (Å²) in [6, 6.07) is 9.07. The second-order valence-corrected chi connectivity index (χ2v) is 10.6. The summed E-state index contributed by atoms with van der Waals surface area (Å²) in [5.74, 6) is -8.42. The van der Waals surface area contributed by atoms with Gasteiger partial charge in [-0.05, 0) is 78.0 Å². The minimum Gasteiger partial charge on any atom is -0.477 e. The number of carboxylic acid groups (broad SMARTS) is 1. The fourth-order valence-corrected chi connectivity index (χ4v) is 5.78. The van der Waals surface area contributed by atoms with E-state index in [9.17, 15) is 27.5 Å². The Labute approximate surface area is 225 Å². The minimum absolute atomic E-state index is 0.0845. The van der Waals surface area contributed by atoms with E-state index in [4.69, 9.17) is 0 Å². The van der Waals surface area contributed by atoms with Crippen LogP contribution in [-0.2, 0) is 0 Å². The van der Waals surface area contributed by atoms with Crippen LogP contribution in [0.25, 0.3) is 22.3 Å². The van der Waals surface area contributed by atoms with Crippen molar-refractivity contribution in [3.63, 3.8) is 0 Å². The molecule has 0 saturated heterocycles. The first-order chi connectivity index (χ1) is 18.7. The third kappa shape index (κ3) is 6.51. The fraction of sp³-hybridized carbons (Fsp3) is 0.406. The second-order valence-electron chi connectivity index (χ2n) is 10.6. The van der Waals surface area contributed by atoms with Gasteiger partial charge in [0.25, 0.3) is 0 Å². The van der Waals surface area contributed by atoms with Crippen LogP contribution in [0.15, 0.2) is 42.5 Å². The van der Waals surface area contributed by atoms with Gasteiger partial charge < -0.3 is 5.11 Å². The van der Waals surface area contributed by atoms with Crippen molar-refractivity contribution in [2.75, 3.05) is 0 Å². The molecular weight excluding hydrogens is 511 g/mol. The molecule has 208 valence electrons. The Kier molecular flexibility index (Phi) is 9.41. The largest absolute Gasteiger partial charge is 0.477 e. The summed E-state index contributed by atoms with van der Waals surface area (Å²) in [6.07, 6.45) is 12.1. The maximum atomic E-state index is 15.4. The Morgan fingerprint density at radius 2 is 1.38 bits per heavy atom. The van der Waals surface area contributed by atoms with Gasteiger partial charge in [0.15, 0.2) is 17.5 Å². The van der Waals surface area contributed by atoms with Gasteiger partial charge in [-0.25, -0.2) is 26.7 Å². The molecule has 0 aliphatic heterocycles. The highest BCUT2D eigenvalue weighted by molar-refractivity contribution is 5.94. The predicted octanol–water partition coefficient (Wildman–Crippen LogP) is 10.0. The van der Waals surface area contributed by atoms with Crippen molar-refractivity contribution in [1.29, 1.82) is 0 Å². The number of unbranched alkanes of at least 4 members (excludes halogenated alkanes) is 4. The number of rotatable bonds is 10. The van der Waals surface area contributed by atoms with E-state index in [1.54, 1.807) is 12.1 Å². The third-order valence-corrected chi connectivity index (χ3v) is 7.96. The summed E-state index contributed by atoms with van der Waals surface area (Å²) in [5.41, 5.74) is -0.841. The second kappa shape index (κ2) is 12.8. The van der Waals surface area contributed by atoms with Crippen LogP contribution >= 0.6 is 0 Å². The highest BCUT2D eigenvalue weighted by Gasteiger charge is 2.27. The van der Waals surface area contributed by atoms with Gasteiger partial charge in [0.05, 0.1) is 0 Å². The first-order valence-corrected chi connectivity index (χ1v) is 13.7. The van der Waals surface area contributed by atoms with Gasteiger partial charge in [0, 0.05) is 5.56 Å². The van der Waals surface area contributed by atoms with Crippen LogP contribution in [0, 0.1) is 35.0 Å². The van der Waals surface area contributed by atoms with E-state index in [0.717, 1.165) is 30.4 Å². The Morgan fingerprint density at radius 3 is 1.97 bits per heavy atom. The van der Waals surface area contributed by atoms with Crippen molar-refractivity contribution in [2.24, 2.45) is 5.92 Å². The maximum Gasteiger partial charge on any atom is 0.341 e. The van der Waals surface area contributed by atoms with Gasteiger partial charge in [-0.1, -0.05) is 69.7 Å². The van der Waals surface area contributed by atoms with Crippen LogP contribution in [0.3, 0.4) is 0 Å². The zero-order valence-corrected chi connectivity index (χ0v) is 22.0. The quantitative estimate of drug-likeness (QED) is 0.157. The number of aromatic carboxylic acids is 1. The molecule has 4 rings (SSSR count). The van der Waals surface area contributed by atoms with Gasteiger partial charge in [-0.15, -0.1) is 0 Å². The first-order valence-electron chi connectivity index (χ1n) is 13.7. The Hall–Kier alpha value is -3.22. The standard InChI is InChI=1S/C32H33F5O2/c1-2-3-4-5-6-7-19-8-10-20(11-9-19)21-12-14-22(15-13-21)24-18-25(33)29(32(38)39)31(37)28(24)23-16-26(34)30(36)27(35)17-23/h12-20H,2-11H2,1H3,(H,38,39)/t19-,20-. The Balaban J connectivity index is 1.58. The van der Waals surface area contributed by atoms with Crippen molar-refractivity contribution in [3.8, 4) is 22.3 Å². The topological polar surface area (TPSA) is 37.3 Å². The zero-order valence-electron chi connectivity index (χ0n) is 22.0. The van der Waals surface area contributed by atoms with E-state index in [2.05, 4.69) is 6.92 Å². The monoisotopic (exact) mass is 544 g/mol. The SMILES string of the molecule is CCCCCCC[C@H]1CC[C@H](c2ccc(-c3cc(F)c(C(=O)O)c(F)c3-c3cc(F)c(F)c(F)c3)cc2)CC1. The van der Waals surface area contributed by atoms with Gasteiger partial charge >= 0.3 is 5.97 Å². The van der Waals surface area contributed by atoms with Crippen LogP contribution < -0.4 is 0 Å². The number of carboxylic acids is 1. The lowest BCUT2D eigenvalue weighted by molar-refractivity contribution is 0.0686. The molecule has 1 aliphatic carbocycles. The van der Waals surface area contributed by atoms with Gasteiger partial charge in [-0.2, -0.15) is 0 Å². The molecule has 1 aliphatic rings. The van der Waals surface area contributed by atoms with Crippen LogP contribution in [0.1, 0.15) is 93.0 Å². The van der Waals surface area contributed by atoms with E-state index >= 15 is 4.39 Å². The van der Waals surface area contributed by atoms with Gasteiger partial charge in [-0.3, -0.25) is 0 Å². The normalized spacial score (nSPS) is 17.4. The van der Waals surface area contributed by atoms with E-state index in [0.29, 0.717) is 23.6 Å². The molecule has 0 heterocycles. The lowest BCUT2D eigenvalue weighted by Crippen LogP contribution is -2.13. The summed E-state index contributed by atoms with van der Waals surface area (Å²) in [5, 5.41) is 9.33. The number of hydrogen-bond acceptors (Lipinski definition) is 1. The van der Waals surface area contributed by atoms with E-state index in [-0.39, 0.29) is 5.56 Å². The van der Waals surface area contributed by atoms with Gasteiger partial charge in [0.1, 0.15) is 17.2 Å². The van der Waals surface area contributed by atoms with Crippen molar-refractivity contribution in [3.05, 3.63) is 82.7 Å². The van der Waals surface area contributed by atoms with Crippen LogP contribution in [0.5, 0.6) is 0 Å². The molecule has 2 nitrogen and oxygen atoms in total. The molecule has 0 unspecified atom stereocenters. The lowest BCUT2D eigenvalue weighted by atomic mass is 9.77. The molecule has 0 amide bonds. The molecule has 0 bridgehead atoms. The van der Waals surface area contributed by atoms with E-state index in [1.807, 2.05) is 12.1 Å². The molecule has 0 atom stereocenters. The summed E-state index contributed by atoms with van der Waals surface area (Å²) in [7, 11) is 0. The first kappa shape index (κ1) is 28.8. The number of benzene rings is 3. The van der Waals surface area contributed by atoms with Crippen molar-refractivity contribution < 1.29 is 31.9 Å². The molecule has 3 aromatic rings. The molecule has 0 spiro atoms. The average molecular weight is 545 g/mol. The van der Waals surface area contributed by atoms with E-state index < -0.39 is 51.7 Å². The zero-order chi connectivity index (χ0) is 28.1. The van der Waals surface area contributed by atoms with Crippen LogP contribution in [-0.4, -0.2) is 11.1 Å². The molecule has 0 aromatic heterocycles. The van der Waals surface area contributed by atoms with Crippen LogP contribution in [0.4, 0.5) is 22.0 Å². The van der Waals surface area contributed by atoms with E-state index in [1.165, 1.54) is 51.4 Å². The Bertz CT molecular complexity index is 1290. The number of carbonyl (C=O) groups is 1. The Morgan fingerprint density at radius 1 is 0.769 bits per heavy atom. The highest BCUT2D eigenvalue weighted by Crippen LogP contribution is 2.41. The molecule has 1 fully saturated rings. The molecule has 3 aromatic carbocycles. The minimum atomic E-state index is -1.87. The van der Waals surface area contributed by atoms with Crippen LogP contribution in [0.2, 0.25) is 0 Å². The summed E-state index contributed by atoms with van der Waals surface area (Å²) in [4.78, 5) is 11.5. The summed E-state index contributed by atoms with van der Waals surface area (Å²) in [6.45, 7) is 2.21. The van der Waals surface area contributed by atoms with Crippen molar-refractivity contribution in [1.82, 2.24) is 0 Å². The molecule has 1 N–H and O–H groups in total. The molecule has 39 heavy (non-hydrogen) atoms. The molecule has 1 saturated carbocycles. The van der Waals surface area contributed by atoms with Crippen molar-refractivity contribution in [2.45, 2.75) is 77.0 Å². The maximum absolute atomic E-state index is 15.4.